The van der Waals surface area contributed by atoms with Crippen molar-refractivity contribution in [2.75, 3.05) is 14.1 Å². The van der Waals surface area contributed by atoms with Crippen LogP contribution in [0.4, 0.5) is 0 Å². The second kappa shape index (κ2) is 9.39. The second-order valence-electron chi connectivity index (χ2n) is 6.50. The zero-order chi connectivity index (χ0) is 15.0. The lowest BCUT2D eigenvalue weighted by Gasteiger charge is -2.24. The SMILES string of the molecule is CCCCCC1=C(CCCCC)C(C(C)N(C)C)=CC1. The highest BCUT2D eigenvalue weighted by Crippen LogP contribution is 2.36. The van der Waals surface area contributed by atoms with Crippen LogP contribution in [0, 0.1) is 0 Å². The Hall–Kier alpha value is -0.560. The number of likely N-dealkylation sites (N-methyl/N-ethyl adjacent to an activating group) is 1. The zero-order valence-corrected chi connectivity index (χ0v) is 14.5. The summed E-state index contributed by atoms with van der Waals surface area (Å²) in [5.74, 6) is 0. The third kappa shape index (κ3) is 5.09. The molecule has 0 spiro atoms. The predicted molar refractivity (Wildman–Crippen MR) is 91.2 cm³/mol. The summed E-state index contributed by atoms with van der Waals surface area (Å²) in [6.45, 7) is 6.94. The van der Waals surface area contributed by atoms with Crippen LogP contribution in [0.2, 0.25) is 0 Å². The highest BCUT2D eigenvalue weighted by atomic mass is 15.1. The second-order valence-corrected chi connectivity index (χ2v) is 6.50. The Kier molecular flexibility index (Phi) is 8.21. The average Bonchev–Trinajstić information content (AvgIpc) is 2.82. The van der Waals surface area contributed by atoms with E-state index in [4.69, 9.17) is 0 Å². The van der Waals surface area contributed by atoms with Gasteiger partial charge in [0.2, 0.25) is 0 Å². The minimum absolute atomic E-state index is 0.565. The minimum Gasteiger partial charge on any atom is -0.303 e. The quantitative estimate of drug-likeness (QED) is 0.461. The van der Waals surface area contributed by atoms with E-state index < -0.39 is 0 Å². The van der Waals surface area contributed by atoms with E-state index in [-0.39, 0.29) is 0 Å². The molecule has 0 aliphatic heterocycles. The molecule has 20 heavy (non-hydrogen) atoms. The molecule has 1 atom stereocenters. The fourth-order valence-electron chi connectivity index (χ4n) is 3.10. The Bertz CT molecular complexity index is 336. The molecule has 0 heterocycles. The van der Waals surface area contributed by atoms with Crippen molar-refractivity contribution in [1.29, 1.82) is 0 Å². The van der Waals surface area contributed by atoms with Gasteiger partial charge in [-0.1, -0.05) is 51.2 Å². The molecule has 1 unspecified atom stereocenters. The molecule has 0 N–H and O–H groups in total. The summed E-state index contributed by atoms with van der Waals surface area (Å²) in [5.41, 5.74) is 5.09. The molecular weight excluding hydrogens is 242 g/mol. The van der Waals surface area contributed by atoms with E-state index in [2.05, 4.69) is 45.8 Å². The number of hydrogen-bond acceptors (Lipinski definition) is 1. The van der Waals surface area contributed by atoms with Gasteiger partial charge in [0.15, 0.2) is 0 Å². The molecule has 0 fully saturated rings. The number of rotatable bonds is 10. The molecule has 1 nitrogen and oxygen atoms in total. The molecule has 0 amide bonds. The van der Waals surface area contributed by atoms with Gasteiger partial charge >= 0.3 is 0 Å². The third-order valence-corrected chi connectivity index (χ3v) is 4.68. The Morgan fingerprint density at radius 1 is 1.00 bits per heavy atom. The summed E-state index contributed by atoms with van der Waals surface area (Å²) < 4.78 is 0. The predicted octanol–water partition coefficient (Wildman–Crippen LogP) is 5.72. The first-order valence-corrected chi connectivity index (χ1v) is 8.69. The number of hydrogen-bond donors (Lipinski definition) is 0. The summed E-state index contributed by atoms with van der Waals surface area (Å²) in [5, 5.41) is 0. The van der Waals surface area contributed by atoms with Crippen LogP contribution in [0.25, 0.3) is 0 Å². The molecule has 0 radical (unpaired) electrons. The molecule has 1 aliphatic carbocycles. The number of unbranched alkanes of at least 4 members (excludes halogenated alkanes) is 4. The van der Waals surface area contributed by atoms with Gasteiger partial charge in [0.05, 0.1) is 0 Å². The lowest BCUT2D eigenvalue weighted by atomic mass is 9.93. The Labute approximate surface area is 127 Å². The van der Waals surface area contributed by atoms with Gasteiger partial charge in [-0.3, -0.25) is 0 Å². The van der Waals surface area contributed by atoms with Crippen LogP contribution in [0.1, 0.15) is 78.6 Å². The highest BCUT2D eigenvalue weighted by molar-refractivity contribution is 5.45. The number of nitrogens with zero attached hydrogens (tertiary/aromatic N) is 1. The van der Waals surface area contributed by atoms with E-state index in [1.807, 2.05) is 0 Å². The highest BCUT2D eigenvalue weighted by Gasteiger charge is 2.22. The molecule has 1 heteroatoms. The van der Waals surface area contributed by atoms with Crippen LogP contribution < -0.4 is 0 Å². The van der Waals surface area contributed by atoms with Crippen molar-refractivity contribution >= 4 is 0 Å². The molecule has 1 aliphatic rings. The van der Waals surface area contributed by atoms with Crippen LogP contribution >= 0.6 is 0 Å². The fraction of sp³-hybridized carbons (Fsp3) is 0.789. The van der Waals surface area contributed by atoms with E-state index in [1.54, 1.807) is 16.7 Å². The van der Waals surface area contributed by atoms with E-state index >= 15 is 0 Å². The largest absolute Gasteiger partial charge is 0.303 e. The van der Waals surface area contributed by atoms with Crippen molar-refractivity contribution < 1.29 is 0 Å². The van der Waals surface area contributed by atoms with E-state index in [9.17, 15) is 0 Å². The monoisotopic (exact) mass is 277 g/mol. The fourth-order valence-corrected chi connectivity index (χ4v) is 3.10. The summed E-state index contributed by atoms with van der Waals surface area (Å²) in [4.78, 5) is 2.35. The molecule has 0 aromatic carbocycles. The van der Waals surface area contributed by atoms with Gasteiger partial charge in [-0.25, -0.2) is 0 Å². The van der Waals surface area contributed by atoms with Crippen LogP contribution in [-0.2, 0) is 0 Å². The first-order chi connectivity index (χ1) is 9.61. The first-order valence-electron chi connectivity index (χ1n) is 8.69. The van der Waals surface area contributed by atoms with Crippen molar-refractivity contribution in [3.8, 4) is 0 Å². The maximum atomic E-state index is 2.51. The standard InChI is InChI=1S/C19H35N/c1-6-8-10-12-17-14-15-18(16(3)20(4)5)19(17)13-11-9-7-2/h15-16H,6-14H2,1-5H3. The van der Waals surface area contributed by atoms with Gasteiger partial charge in [-0.2, -0.15) is 0 Å². The molecular formula is C19H35N. The van der Waals surface area contributed by atoms with Gasteiger partial charge in [0.25, 0.3) is 0 Å². The van der Waals surface area contributed by atoms with Crippen molar-refractivity contribution in [2.45, 2.75) is 84.6 Å². The average molecular weight is 277 g/mol. The maximum absolute atomic E-state index is 2.51. The lowest BCUT2D eigenvalue weighted by molar-refractivity contribution is 0.352. The Morgan fingerprint density at radius 2 is 1.60 bits per heavy atom. The summed E-state index contributed by atoms with van der Waals surface area (Å²) >= 11 is 0. The van der Waals surface area contributed by atoms with E-state index in [1.165, 1.54) is 57.8 Å². The molecule has 0 saturated heterocycles. The van der Waals surface area contributed by atoms with Crippen LogP contribution in [0.15, 0.2) is 22.8 Å². The summed E-state index contributed by atoms with van der Waals surface area (Å²) in [7, 11) is 4.40. The first kappa shape index (κ1) is 17.5. The molecule has 0 aromatic rings. The lowest BCUT2D eigenvalue weighted by Crippen LogP contribution is -2.27. The normalized spacial score (nSPS) is 17.0. The molecule has 1 rings (SSSR count). The van der Waals surface area contributed by atoms with Gasteiger partial charge < -0.3 is 4.90 Å². The van der Waals surface area contributed by atoms with Crippen molar-refractivity contribution in [2.24, 2.45) is 0 Å². The summed E-state index contributed by atoms with van der Waals surface area (Å²) in [6, 6.07) is 0.565. The zero-order valence-electron chi connectivity index (χ0n) is 14.5. The van der Waals surface area contributed by atoms with Gasteiger partial charge in [0, 0.05) is 6.04 Å². The molecule has 116 valence electrons. The molecule has 0 bridgehead atoms. The summed E-state index contributed by atoms with van der Waals surface area (Å²) in [6.07, 6.45) is 14.5. The topological polar surface area (TPSA) is 3.24 Å². The van der Waals surface area contributed by atoms with Crippen LogP contribution in [0.3, 0.4) is 0 Å². The smallest absolute Gasteiger partial charge is 0.0313 e. The van der Waals surface area contributed by atoms with Crippen molar-refractivity contribution in [1.82, 2.24) is 4.90 Å². The van der Waals surface area contributed by atoms with Crippen molar-refractivity contribution in [3.05, 3.63) is 22.8 Å². The van der Waals surface area contributed by atoms with Gasteiger partial charge in [0.1, 0.15) is 0 Å². The molecule has 0 aromatic heterocycles. The number of allylic oxidation sites excluding steroid dienone is 2. The van der Waals surface area contributed by atoms with Crippen LogP contribution in [-0.4, -0.2) is 25.0 Å². The van der Waals surface area contributed by atoms with E-state index in [0.29, 0.717) is 6.04 Å². The van der Waals surface area contributed by atoms with Gasteiger partial charge in [-0.05, 0) is 64.3 Å². The third-order valence-electron chi connectivity index (χ3n) is 4.68. The maximum Gasteiger partial charge on any atom is 0.0313 e. The Morgan fingerprint density at radius 3 is 2.15 bits per heavy atom. The molecule has 0 saturated carbocycles. The van der Waals surface area contributed by atoms with Crippen molar-refractivity contribution in [3.63, 3.8) is 0 Å². The Balaban J connectivity index is 2.73. The minimum atomic E-state index is 0.565. The van der Waals surface area contributed by atoms with Crippen LogP contribution in [0.5, 0.6) is 0 Å². The van der Waals surface area contributed by atoms with Gasteiger partial charge in [-0.15, -0.1) is 0 Å². The van der Waals surface area contributed by atoms with E-state index in [0.717, 1.165) is 0 Å².